The lowest BCUT2D eigenvalue weighted by Gasteiger charge is -2.45. The third-order valence-corrected chi connectivity index (χ3v) is 7.78. The Kier molecular flexibility index (Phi) is 12.3. The van der Waals surface area contributed by atoms with E-state index in [1.165, 1.54) is 36.4 Å². The Labute approximate surface area is 277 Å². The van der Waals surface area contributed by atoms with Crippen LogP contribution < -0.4 is 15.7 Å². The number of rotatable bonds is 15. The number of ether oxygens (including phenoxy) is 5. The monoisotopic (exact) mass is 662 g/mol. The molecular weight excluding hydrogens is 626 g/mol. The summed E-state index contributed by atoms with van der Waals surface area (Å²) in [5.41, 5.74) is 3.30. The molecule has 4 aromatic rings. The molecule has 1 saturated heterocycles. The van der Waals surface area contributed by atoms with Crippen LogP contribution in [0.1, 0.15) is 29.2 Å². The summed E-state index contributed by atoms with van der Waals surface area (Å²) >= 11 is 0. The Morgan fingerprint density at radius 1 is 0.500 bits per heavy atom. The second kappa shape index (κ2) is 16.8. The van der Waals surface area contributed by atoms with Gasteiger partial charge in [0.15, 0.2) is 6.29 Å². The fraction of sp³-hybridized carbons (Fsp3) is 0.294. The van der Waals surface area contributed by atoms with Gasteiger partial charge in [0.05, 0.1) is 49.6 Å². The quantitative estimate of drug-likeness (QED) is 0.130. The summed E-state index contributed by atoms with van der Waals surface area (Å²) in [5.74, 6) is 0. The van der Waals surface area contributed by atoms with Gasteiger partial charge in [-0.15, -0.1) is 0 Å². The van der Waals surface area contributed by atoms with E-state index in [0.717, 1.165) is 16.7 Å². The van der Waals surface area contributed by atoms with Crippen LogP contribution in [0.5, 0.6) is 0 Å². The first kappa shape index (κ1) is 35.2. The zero-order valence-corrected chi connectivity index (χ0v) is 26.0. The lowest BCUT2D eigenvalue weighted by Crippen LogP contribution is -2.60. The van der Waals surface area contributed by atoms with Gasteiger partial charge in [-0.1, -0.05) is 66.7 Å². The molecule has 0 amide bonds. The standard InChI is InChI=1S/C34H36N3O11/c1-23-31(44-20-25-7-13-28(14-8-25)35(38)39)32(45-21-26-9-15-29(16-10-26)36(40)41)33(46-19-24-5-3-2-4-6-24)34(48-23)47-22-27-11-17-30(18-12-27)37(42)43/h2-18,23,31-34,38,40,42H,19-22H2,1H3/q-3/t23-,31-,32-,33+,34+/m1/s1. The van der Waals surface area contributed by atoms with Gasteiger partial charge in [0.2, 0.25) is 0 Å². The van der Waals surface area contributed by atoms with Crippen molar-refractivity contribution < 1.29 is 39.3 Å². The average Bonchev–Trinajstić information content (AvgIpc) is 3.09. The van der Waals surface area contributed by atoms with E-state index in [9.17, 15) is 31.2 Å². The molecule has 256 valence electrons. The summed E-state index contributed by atoms with van der Waals surface area (Å²) < 4.78 is 31.9. The molecule has 0 aromatic heterocycles. The van der Waals surface area contributed by atoms with Gasteiger partial charge in [0.25, 0.3) is 0 Å². The minimum Gasteiger partial charge on any atom is -0.733 e. The molecule has 0 bridgehead atoms. The average molecular weight is 663 g/mol. The van der Waals surface area contributed by atoms with Crippen LogP contribution in [-0.2, 0) is 50.1 Å². The third-order valence-electron chi connectivity index (χ3n) is 7.78. The molecule has 48 heavy (non-hydrogen) atoms. The Morgan fingerprint density at radius 3 is 1.27 bits per heavy atom. The maximum Gasteiger partial charge on any atom is 0.187 e. The molecule has 1 fully saturated rings. The van der Waals surface area contributed by atoms with E-state index in [0.29, 0.717) is 5.56 Å². The highest BCUT2D eigenvalue weighted by Gasteiger charge is 2.47. The summed E-state index contributed by atoms with van der Waals surface area (Å²) in [7, 11) is 0. The SMILES string of the molecule is C[C@H]1O[C@H](OCc2ccc(N([O-])O)cc2)[C@@H](OCc2ccccc2)[C@H](OCc2ccc(N([O-])O)cc2)[C@@H]1OCc1ccc(N([O-])O)cc1. The molecule has 0 aliphatic carbocycles. The molecule has 5 rings (SSSR count). The largest absolute Gasteiger partial charge is 0.733 e. The molecule has 1 heterocycles. The van der Waals surface area contributed by atoms with Gasteiger partial charge in [-0.25, -0.2) is 0 Å². The zero-order valence-electron chi connectivity index (χ0n) is 26.0. The van der Waals surface area contributed by atoms with Gasteiger partial charge in [-0.2, -0.15) is 0 Å². The van der Waals surface area contributed by atoms with Gasteiger partial charge in [0.1, 0.15) is 18.3 Å². The summed E-state index contributed by atoms with van der Waals surface area (Å²) in [6, 6.07) is 28.3. The first-order valence-electron chi connectivity index (χ1n) is 15.1. The van der Waals surface area contributed by atoms with Crippen molar-refractivity contribution in [3.05, 3.63) is 141 Å². The molecule has 0 saturated carbocycles. The van der Waals surface area contributed by atoms with Crippen LogP contribution in [0, 0.1) is 15.6 Å². The third kappa shape index (κ3) is 9.47. The number of anilines is 3. The fourth-order valence-electron chi connectivity index (χ4n) is 5.19. The predicted octanol–water partition coefficient (Wildman–Crippen LogP) is 5.78. The molecule has 4 aromatic carbocycles. The van der Waals surface area contributed by atoms with Crippen molar-refractivity contribution in [3.8, 4) is 0 Å². The zero-order chi connectivity index (χ0) is 34.0. The normalized spacial score (nSPS) is 20.8. The van der Waals surface area contributed by atoms with E-state index in [-0.39, 0.29) is 59.2 Å². The molecule has 14 nitrogen and oxygen atoms in total. The van der Waals surface area contributed by atoms with Gasteiger partial charge in [-0.05, 0) is 65.6 Å². The molecule has 1 aliphatic rings. The van der Waals surface area contributed by atoms with E-state index in [1.807, 2.05) is 37.3 Å². The summed E-state index contributed by atoms with van der Waals surface area (Å²) in [6.45, 7) is 2.34. The van der Waals surface area contributed by atoms with Gasteiger partial charge in [-0.3, -0.25) is 15.6 Å². The van der Waals surface area contributed by atoms with Gasteiger partial charge in [0, 0.05) is 0 Å². The summed E-state index contributed by atoms with van der Waals surface area (Å²) in [6.07, 6.45) is -3.68. The lowest BCUT2D eigenvalue weighted by atomic mass is 9.98. The molecular formula is C34H36N3O11-3. The minimum atomic E-state index is -0.917. The number of nitrogens with zero attached hydrogens (tertiary/aromatic N) is 3. The smallest absolute Gasteiger partial charge is 0.187 e. The second-order valence-electron chi connectivity index (χ2n) is 11.2. The number of benzene rings is 4. The molecule has 0 spiro atoms. The van der Waals surface area contributed by atoms with Crippen molar-refractivity contribution in [2.24, 2.45) is 0 Å². The Balaban J connectivity index is 1.39. The maximum absolute atomic E-state index is 11.3. The molecule has 3 N–H and O–H groups in total. The Bertz CT molecular complexity index is 1530. The Hall–Kier alpha value is -4.16. The highest BCUT2D eigenvalue weighted by Crippen LogP contribution is 2.32. The van der Waals surface area contributed by atoms with Crippen LogP contribution in [0.2, 0.25) is 0 Å². The van der Waals surface area contributed by atoms with Crippen LogP contribution in [-0.4, -0.2) is 46.3 Å². The maximum atomic E-state index is 11.3. The highest BCUT2D eigenvalue weighted by atomic mass is 16.8. The van der Waals surface area contributed by atoms with Crippen molar-refractivity contribution in [1.82, 2.24) is 0 Å². The van der Waals surface area contributed by atoms with Crippen LogP contribution >= 0.6 is 0 Å². The van der Waals surface area contributed by atoms with Crippen LogP contribution in [0.25, 0.3) is 0 Å². The number of hydrogen-bond donors (Lipinski definition) is 3. The highest BCUT2D eigenvalue weighted by molar-refractivity contribution is 5.46. The van der Waals surface area contributed by atoms with Crippen LogP contribution in [0.3, 0.4) is 0 Å². The molecule has 0 radical (unpaired) electrons. The van der Waals surface area contributed by atoms with Crippen LogP contribution in [0.15, 0.2) is 103 Å². The first-order chi connectivity index (χ1) is 23.2. The summed E-state index contributed by atoms with van der Waals surface area (Å²) in [5, 5.41) is 60.7. The van der Waals surface area contributed by atoms with Gasteiger partial charge >= 0.3 is 0 Å². The molecule has 5 atom stereocenters. The van der Waals surface area contributed by atoms with Gasteiger partial charge < -0.3 is 55.0 Å². The van der Waals surface area contributed by atoms with Crippen molar-refractivity contribution in [3.63, 3.8) is 0 Å². The van der Waals surface area contributed by atoms with E-state index in [1.54, 1.807) is 36.4 Å². The first-order valence-corrected chi connectivity index (χ1v) is 15.1. The minimum absolute atomic E-state index is 0.0690. The number of hydrogen-bond acceptors (Lipinski definition) is 14. The molecule has 14 heteroatoms. The Morgan fingerprint density at radius 2 is 0.854 bits per heavy atom. The van der Waals surface area contributed by atoms with Crippen LogP contribution in [0.4, 0.5) is 17.1 Å². The summed E-state index contributed by atoms with van der Waals surface area (Å²) in [4.78, 5) is 0. The van der Waals surface area contributed by atoms with Crippen molar-refractivity contribution in [1.29, 1.82) is 0 Å². The van der Waals surface area contributed by atoms with Crippen molar-refractivity contribution in [2.75, 3.05) is 15.7 Å². The van der Waals surface area contributed by atoms with Crippen molar-refractivity contribution in [2.45, 2.75) is 64.1 Å². The fourth-order valence-corrected chi connectivity index (χ4v) is 5.19. The second-order valence-corrected chi connectivity index (χ2v) is 11.2. The lowest BCUT2D eigenvalue weighted by molar-refractivity contribution is -0.322. The van der Waals surface area contributed by atoms with E-state index < -0.39 is 30.7 Å². The van der Waals surface area contributed by atoms with Crippen molar-refractivity contribution >= 4 is 17.1 Å². The van der Waals surface area contributed by atoms with E-state index in [2.05, 4.69) is 0 Å². The topological polar surface area (TPSA) is 186 Å². The molecule has 1 aliphatic heterocycles. The predicted molar refractivity (Wildman–Crippen MR) is 174 cm³/mol. The molecule has 0 unspecified atom stereocenters. The van der Waals surface area contributed by atoms with E-state index >= 15 is 0 Å². The van der Waals surface area contributed by atoms with E-state index in [4.69, 9.17) is 23.7 Å².